The zero-order chi connectivity index (χ0) is 31.7. The van der Waals surface area contributed by atoms with E-state index in [2.05, 4.69) is 24.9 Å². The fourth-order valence-corrected chi connectivity index (χ4v) is 5.27. The summed E-state index contributed by atoms with van der Waals surface area (Å²) in [5.41, 5.74) is 4.69. The van der Waals surface area contributed by atoms with Crippen molar-refractivity contribution in [3.05, 3.63) is 146 Å². The summed E-state index contributed by atoms with van der Waals surface area (Å²) in [6.07, 6.45) is 6.32. The molecular weight excluding hydrogens is 560 g/mol. The molecule has 0 aliphatic carbocycles. The van der Waals surface area contributed by atoms with Gasteiger partial charge >= 0.3 is 0 Å². The number of nitrogens with zero attached hydrogens (tertiary/aromatic N) is 6. The fourth-order valence-electron chi connectivity index (χ4n) is 5.27. The maximum Gasteiger partial charge on any atom is 0.237 e. The minimum atomic E-state index is 0.196. The third kappa shape index (κ3) is 5.21. The van der Waals surface area contributed by atoms with Crippen molar-refractivity contribution in [3.8, 4) is 51.5 Å². The van der Waals surface area contributed by atoms with Crippen LogP contribution in [-0.4, -0.2) is 29.5 Å². The smallest absolute Gasteiger partial charge is 0.237 e. The molecule has 0 fully saturated rings. The summed E-state index contributed by atoms with van der Waals surface area (Å²) in [6.45, 7) is 0. The number of ether oxygens (including phenoxy) is 2. The van der Waals surface area contributed by atoms with E-state index in [1.807, 2.05) is 97.1 Å². The SMILES string of the molecule is [2H]c1cc(Oc2cccc(-c3ccccn3)c2)cc2c1c1c([2H])cc(Oc3cccc(-c4ccccn4)c3)cc1n2-c1ncncn1. The summed E-state index contributed by atoms with van der Waals surface area (Å²) in [5, 5.41) is 1.15. The van der Waals surface area contributed by atoms with E-state index in [0.29, 0.717) is 50.8 Å². The lowest BCUT2D eigenvalue weighted by atomic mass is 10.1. The van der Waals surface area contributed by atoms with Crippen molar-refractivity contribution in [3.63, 3.8) is 0 Å². The average Bonchev–Trinajstić information content (AvgIpc) is 3.44. The van der Waals surface area contributed by atoms with Gasteiger partial charge in [-0.15, -0.1) is 0 Å². The van der Waals surface area contributed by atoms with Crippen molar-refractivity contribution < 1.29 is 12.2 Å². The molecule has 0 atom stereocenters. The zero-order valence-corrected chi connectivity index (χ0v) is 23.7. The number of pyridine rings is 2. The molecule has 4 heterocycles. The van der Waals surface area contributed by atoms with Gasteiger partial charge in [-0.2, -0.15) is 0 Å². The molecule has 4 aromatic heterocycles. The van der Waals surface area contributed by atoms with Crippen molar-refractivity contribution in [2.24, 2.45) is 0 Å². The lowest BCUT2D eigenvalue weighted by Gasteiger charge is -2.10. The highest BCUT2D eigenvalue weighted by molar-refractivity contribution is 6.09. The lowest BCUT2D eigenvalue weighted by Crippen LogP contribution is -2.01. The van der Waals surface area contributed by atoms with Crippen molar-refractivity contribution in [1.29, 1.82) is 0 Å². The van der Waals surface area contributed by atoms with Gasteiger partial charge in [0.15, 0.2) is 0 Å². The number of hydrogen-bond donors (Lipinski definition) is 0. The first-order valence-corrected chi connectivity index (χ1v) is 14.2. The lowest BCUT2D eigenvalue weighted by molar-refractivity contribution is 0.483. The van der Waals surface area contributed by atoms with E-state index in [1.165, 1.54) is 12.7 Å². The minimum absolute atomic E-state index is 0.196. The molecule has 4 aromatic carbocycles. The van der Waals surface area contributed by atoms with Crippen molar-refractivity contribution in [1.82, 2.24) is 29.5 Å². The molecule has 0 amide bonds. The predicted molar refractivity (Wildman–Crippen MR) is 174 cm³/mol. The molecule has 0 saturated heterocycles. The Morgan fingerprint density at radius 2 is 1.02 bits per heavy atom. The van der Waals surface area contributed by atoms with Gasteiger partial charge in [-0.3, -0.25) is 14.5 Å². The summed E-state index contributed by atoms with van der Waals surface area (Å²) in [4.78, 5) is 21.7. The number of aromatic nitrogens is 6. The van der Waals surface area contributed by atoms with Gasteiger partial charge in [0.2, 0.25) is 5.95 Å². The van der Waals surface area contributed by atoms with Crippen LogP contribution in [0.25, 0.3) is 50.3 Å². The molecule has 214 valence electrons. The molecule has 0 N–H and O–H groups in total. The van der Waals surface area contributed by atoms with Crippen molar-refractivity contribution >= 4 is 21.8 Å². The van der Waals surface area contributed by atoms with Crippen LogP contribution in [0.5, 0.6) is 23.0 Å². The van der Waals surface area contributed by atoms with Gasteiger partial charge in [0.1, 0.15) is 35.7 Å². The molecular formula is C37H24N6O2. The number of fused-ring (bicyclic) bond motifs is 3. The van der Waals surface area contributed by atoms with Crippen LogP contribution in [0.3, 0.4) is 0 Å². The van der Waals surface area contributed by atoms with E-state index >= 15 is 0 Å². The second kappa shape index (κ2) is 11.3. The van der Waals surface area contributed by atoms with E-state index < -0.39 is 0 Å². The number of hydrogen-bond acceptors (Lipinski definition) is 7. The topological polar surface area (TPSA) is 87.8 Å². The van der Waals surface area contributed by atoms with Crippen LogP contribution >= 0.6 is 0 Å². The summed E-state index contributed by atoms with van der Waals surface area (Å²) in [6, 6.07) is 34.1. The van der Waals surface area contributed by atoms with Crippen molar-refractivity contribution in [2.75, 3.05) is 0 Å². The molecule has 0 unspecified atom stereocenters. The highest BCUT2D eigenvalue weighted by Gasteiger charge is 2.17. The third-order valence-corrected chi connectivity index (χ3v) is 7.26. The number of benzene rings is 4. The van der Waals surface area contributed by atoms with Crippen LogP contribution in [-0.2, 0) is 0 Å². The molecule has 0 aliphatic rings. The zero-order valence-electron chi connectivity index (χ0n) is 25.7. The maximum absolute atomic E-state index is 9.06. The molecule has 8 heteroatoms. The van der Waals surface area contributed by atoms with Gasteiger partial charge in [0.25, 0.3) is 0 Å². The molecule has 0 saturated carbocycles. The van der Waals surface area contributed by atoms with Gasteiger partial charge in [-0.25, -0.2) is 15.0 Å². The van der Waals surface area contributed by atoms with Crippen LogP contribution in [0.15, 0.2) is 146 Å². The first-order chi connectivity index (χ1) is 23.1. The normalized spacial score (nSPS) is 11.7. The van der Waals surface area contributed by atoms with Crippen LogP contribution in [0.4, 0.5) is 0 Å². The van der Waals surface area contributed by atoms with Crippen LogP contribution in [0.1, 0.15) is 2.74 Å². The highest BCUT2D eigenvalue weighted by atomic mass is 16.5. The van der Waals surface area contributed by atoms with Crippen molar-refractivity contribution in [2.45, 2.75) is 0 Å². The molecule has 0 spiro atoms. The minimum Gasteiger partial charge on any atom is -0.457 e. The monoisotopic (exact) mass is 586 g/mol. The first-order valence-electron chi connectivity index (χ1n) is 15.2. The van der Waals surface area contributed by atoms with Crippen LogP contribution in [0, 0.1) is 0 Å². The summed E-state index contributed by atoms with van der Waals surface area (Å²) >= 11 is 0. The van der Waals surface area contributed by atoms with Gasteiger partial charge in [-0.05, 0) is 72.7 Å². The fraction of sp³-hybridized carbons (Fsp3) is 0. The van der Waals surface area contributed by atoms with Gasteiger partial charge < -0.3 is 9.47 Å². The van der Waals surface area contributed by atoms with E-state index in [1.54, 1.807) is 29.1 Å². The van der Waals surface area contributed by atoms with Gasteiger partial charge in [0, 0.05) is 46.4 Å². The summed E-state index contributed by atoms with van der Waals surface area (Å²) in [7, 11) is 0. The second-order valence-electron chi connectivity index (χ2n) is 10.2. The van der Waals surface area contributed by atoms with E-state index in [4.69, 9.17) is 12.2 Å². The number of rotatable bonds is 7. The highest BCUT2D eigenvalue weighted by Crippen LogP contribution is 2.37. The molecule has 0 aliphatic heterocycles. The average molecular weight is 587 g/mol. The summed E-state index contributed by atoms with van der Waals surface area (Å²) < 4.78 is 32.5. The maximum atomic E-state index is 9.06. The molecule has 8 nitrogen and oxygen atoms in total. The second-order valence-corrected chi connectivity index (χ2v) is 10.2. The van der Waals surface area contributed by atoms with E-state index in [-0.39, 0.29) is 12.1 Å². The van der Waals surface area contributed by atoms with E-state index in [9.17, 15) is 0 Å². The van der Waals surface area contributed by atoms with Crippen LogP contribution < -0.4 is 9.47 Å². The Hall–Kier alpha value is -6.41. The molecule has 45 heavy (non-hydrogen) atoms. The van der Waals surface area contributed by atoms with Crippen LogP contribution in [0.2, 0.25) is 0 Å². The largest absolute Gasteiger partial charge is 0.457 e. The predicted octanol–water partition coefficient (Wildman–Crippen LogP) is 8.68. The third-order valence-electron chi connectivity index (χ3n) is 7.26. The Labute approximate surface area is 261 Å². The molecule has 0 bridgehead atoms. The standard InChI is InChI=1S/C37H24N6O2/c1-3-17-39-33(11-1)25-7-5-9-27(19-25)44-29-13-15-31-32-16-14-30(22-36(32)43(35(31)21-29)37-41-23-38-24-42-37)45-28-10-6-8-26(20-28)34-12-2-4-18-40-34/h1-24H/i15D,16D. The molecule has 8 rings (SSSR count). The Kier molecular flexibility index (Phi) is 6.07. The van der Waals surface area contributed by atoms with Gasteiger partial charge in [-0.1, -0.05) is 36.4 Å². The Bertz CT molecular complexity index is 2240. The Morgan fingerprint density at radius 3 is 1.51 bits per heavy atom. The quantitative estimate of drug-likeness (QED) is 0.185. The Balaban J connectivity index is 1.24. The van der Waals surface area contributed by atoms with Gasteiger partial charge in [0.05, 0.1) is 25.2 Å². The molecule has 8 aromatic rings. The summed E-state index contributed by atoms with van der Waals surface area (Å²) in [5.74, 6) is 2.43. The molecule has 0 radical (unpaired) electrons. The Morgan fingerprint density at radius 1 is 0.511 bits per heavy atom. The first kappa shape index (κ1) is 24.1. The van der Waals surface area contributed by atoms with E-state index in [0.717, 1.165) is 22.5 Å².